The third-order valence-electron chi connectivity index (χ3n) is 2.71. The minimum atomic E-state index is -3.56. The summed E-state index contributed by atoms with van der Waals surface area (Å²) in [6.45, 7) is 4.37. The van der Waals surface area contributed by atoms with E-state index in [1.54, 1.807) is 0 Å². The SMILES string of the molecule is CC(C)(CCBr)CNS(=O)(=O)c1ccc(Cl)c(Cl)c1. The molecule has 3 nitrogen and oxygen atoms in total. The molecule has 19 heavy (non-hydrogen) atoms. The Balaban J connectivity index is 2.84. The maximum absolute atomic E-state index is 12.1. The Hall–Kier alpha value is 0.190. The molecular formula is C12H16BrCl2NO2S. The summed E-state index contributed by atoms with van der Waals surface area (Å²) < 4.78 is 26.8. The van der Waals surface area contributed by atoms with Crippen LogP contribution in [0.15, 0.2) is 23.1 Å². The maximum Gasteiger partial charge on any atom is 0.240 e. The minimum Gasteiger partial charge on any atom is -0.211 e. The number of benzene rings is 1. The highest BCUT2D eigenvalue weighted by atomic mass is 79.9. The molecule has 0 aliphatic carbocycles. The van der Waals surface area contributed by atoms with E-state index in [4.69, 9.17) is 23.2 Å². The van der Waals surface area contributed by atoms with Crippen molar-refractivity contribution in [2.75, 3.05) is 11.9 Å². The summed E-state index contributed by atoms with van der Waals surface area (Å²) in [7, 11) is -3.56. The topological polar surface area (TPSA) is 46.2 Å². The minimum absolute atomic E-state index is 0.118. The monoisotopic (exact) mass is 387 g/mol. The van der Waals surface area contributed by atoms with Crippen molar-refractivity contribution in [3.63, 3.8) is 0 Å². The maximum atomic E-state index is 12.1. The third-order valence-corrected chi connectivity index (χ3v) is 5.25. The van der Waals surface area contributed by atoms with E-state index in [-0.39, 0.29) is 15.3 Å². The van der Waals surface area contributed by atoms with E-state index in [2.05, 4.69) is 20.7 Å². The van der Waals surface area contributed by atoms with Crippen molar-refractivity contribution in [2.45, 2.75) is 25.2 Å². The first kappa shape index (κ1) is 17.2. The van der Waals surface area contributed by atoms with Crippen molar-refractivity contribution >= 4 is 49.2 Å². The van der Waals surface area contributed by atoms with E-state index < -0.39 is 10.0 Å². The first-order valence-electron chi connectivity index (χ1n) is 5.69. The van der Waals surface area contributed by atoms with Gasteiger partial charge in [-0.05, 0) is 30.0 Å². The lowest BCUT2D eigenvalue weighted by Crippen LogP contribution is -2.34. The van der Waals surface area contributed by atoms with Crippen LogP contribution in [-0.4, -0.2) is 20.3 Å². The zero-order valence-corrected chi connectivity index (χ0v) is 14.6. The highest BCUT2D eigenvalue weighted by molar-refractivity contribution is 9.09. The Morgan fingerprint density at radius 2 is 1.89 bits per heavy atom. The molecule has 0 saturated carbocycles. The Morgan fingerprint density at radius 3 is 2.42 bits per heavy atom. The molecule has 0 amide bonds. The van der Waals surface area contributed by atoms with Gasteiger partial charge in [-0.15, -0.1) is 0 Å². The second-order valence-electron chi connectivity index (χ2n) is 5.00. The number of alkyl halides is 1. The summed E-state index contributed by atoms with van der Waals surface area (Å²) in [5, 5.41) is 1.39. The summed E-state index contributed by atoms with van der Waals surface area (Å²) in [5.74, 6) is 0. The highest BCUT2D eigenvalue weighted by Gasteiger charge is 2.22. The van der Waals surface area contributed by atoms with Gasteiger partial charge < -0.3 is 0 Å². The Morgan fingerprint density at radius 1 is 1.26 bits per heavy atom. The number of rotatable bonds is 6. The van der Waals surface area contributed by atoms with Crippen molar-refractivity contribution < 1.29 is 8.42 Å². The van der Waals surface area contributed by atoms with Gasteiger partial charge >= 0.3 is 0 Å². The average molecular weight is 389 g/mol. The molecule has 0 radical (unpaired) electrons. The van der Waals surface area contributed by atoms with E-state index in [0.29, 0.717) is 11.6 Å². The molecule has 1 N–H and O–H groups in total. The van der Waals surface area contributed by atoms with Crippen LogP contribution in [0.4, 0.5) is 0 Å². The van der Waals surface area contributed by atoms with Gasteiger partial charge in [0.1, 0.15) is 0 Å². The van der Waals surface area contributed by atoms with E-state index in [1.165, 1.54) is 18.2 Å². The van der Waals surface area contributed by atoms with Crippen LogP contribution >= 0.6 is 39.1 Å². The van der Waals surface area contributed by atoms with Crippen LogP contribution in [0.3, 0.4) is 0 Å². The summed E-state index contributed by atoms with van der Waals surface area (Å²) >= 11 is 15.0. The lowest BCUT2D eigenvalue weighted by Gasteiger charge is -2.23. The lowest BCUT2D eigenvalue weighted by molar-refractivity contribution is 0.354. The van der Waals surface area contributed by atoms with Gasteiger partial charge in [0.05, 0.1) is 14.9 Å². The Bertz CT molecular complexity index is 547. The molecule has 0 aliphatic rings. The molecule has 1 aromatic carbocycles. The van der Waals surface area contributed by atoms with Gasteiger partial charge in [0.25, 0.3) is 0 Å². The smallest absolute Gasteiger partial charge is 0.211 e. The fraction of sp³-hybridized carbons (Fsp3) is 0.500. The lowest BCUT2D eigenvalue weighted by atomic mass is 9.91. The number of nitrogens with one attached hydrogen (secondary N) is 1. The largest absolute Gasteiger partial charge is 0.240 e. The molecule has 0 atom stereocenters. The summed E-state index contributed by atoms with van der Waals surface area (Å²) in [6, 6.07) is 4.26. The van der Waals surface area contributed by atoms with Crippen LogP contribution in [-0.2, 0) is 10.0 Å². The molecule has 7 heteroatoms. The van der Waals surface area contributed by atoms with Gasteiger partial charge in [0, 0.05) is 11.9 Å². The molecule has 0 heterocycles. The first-order valence-corrected chi connectivity index (χ1v) is 9.05. The summed E-state index contributed by atoms with van der Waals surface area (Å²) in [4.78, 5) is 0.122. The molecule has 0 unspecified atom stereocenters. The number of sulfonamides is 1. The second-order valence-corrected chi connectivity index (χ2v) is 8.38. The van der Waals surface area contributed by atoms with E-state index in [9.17, 15) is 8.42 Å². The average Bonchev–Trinajstić information content (AvgIpc) is 2.30. The van der Waals surface area contributed by atoms with Gasteiger partial charge in [-0.25, -0.2) is 13.1 Å². The van der Waals surface area contributed by atoms with Crippen LogP contribution in [0.25, 0.3) is 0 Å². The highest BCUT2D eigenvalue weighted by Crippen LogP contribution is 2.25. The Kier molecular flexibility index (Phi) is 6.14. The van der Waals surface area contributed by atoms with Crippen molar-refractivity contribution in [3.8, 4) is 0 Å². The van der Waals surface area contributed by atoms with Crippen LogP contribution in [0.5, 0.6) is 0 Å². The number of hydrogen-bond donors (Lipinski definition) is 1. The van der Waals surface area contributed by atoms with Crippen molar-refractivity contribution in [1.29, 1.82) is 0 Å². The standard InChI is InChI=1S/C12H16BrCl2NO2S/c1-12(2,5-6-13)8-16-19(17,18)9-3-4-10(14)11(15)7-9/h3-4,7,16H,5-6,8H2,1-2H3. The second kappa shape index (κ2) is 6.76. The molecule has 0 aliphatic heterocycles. The number of hydrogen-bond acceptors (Lipinski definition) is 2. The summed E-state index contributed by atoms with van der Waals surface area (Å²) in [6.07, 6.45) is 0.872. The molecule has 0 aromatic heterocycles. The van der Waals surface area contributed by atoms with Crippen molar-refractivity contribution in [2.24, 2.45) is 5.41 Å². The van der Waals surface area contributed by atoms with Gasteiger partial charge in [-0.3, -0.25) is 0 Å². The predicted molar refractivity (Wildman–Crippen MR) is 83.8 cm³/mol. The van der Waals surface area contributed by atoms with E-state index in [0.717, 1.165) is 11.8 Å². The van der Waals surface area contributed by atoms with Crippen molar-refractivity contribution in [1.82, 2.24) is 4.72 Å². The van der Waals surface area contributed by atoms with Gasteiger partial charge in [0.2, 0.25) is 10.0 Å². The molecule has 1 aromatic rings. The summed E-state index contributed by atoms with van der Waals surface area (Å²) in [5.41, 5.74) is -0.118. The van der Waals surface area contributed by atoms with Crippen LogP contribution < -0.4 is 4.72 Å². The number of halogens is 3. The van der Waals surface area contributed by atoms with Crippen LogP contribution in [0.2, 0.25) is 10.0 Å². The fourth-order valence-electron chi connectivity index (χ4n) is 1.36. The van der Waals surface area contributed by atoms with Gasteiger partial charge in [0.15, 0.2) is 0 Å². The molecular weight excluding hydrogens is 373 g/mol. The third kappa shape index (κ3) is 5.23. The van der Waals surface area contributed by atoms with Gasteiger partial charge in [-0.1, -0.05) is 53.0 Å². The molecule has 1 rings (SSSR count). The quantitative estimate of drug-likeness (QED) is 0.746. The Labute approximate surface area is 132 Å². The zero-order chi connectivity index (χ0) is 14.7. The van der Waals surface area contributed by atoms with E-state index in [1.807, 2.05) is 13.8 Å². The van der Waals surface area contributed by atoms with Crippen LogP contribution in [0.1, 0.15) is 20.3 Å². The molecule has 108 valence electrons. The van der Waals surface area contributed by atoms with Gasteiger partial charge in [-0.2, -0.15) is 0 Å². The first-order chi connectivity index (χ1) is 8.68. The van der Waals surface area contributed by atoms with E-state index >= 15 is 0 Å². The zero-order valence-electron chi connectivity index (χ0n) is 10.7. The molecule has 0 saturated heterocycles. The van der Waals surface area contributed by atoms with Crippen LogP contribution in [0, 0.1) is 5.41 Å². The predicted octanol–water partition coefficient (Wildman–Crippen LogP) is 4.08. The molecule has 0 spiro atoms. The fourth-order valence-corrected chi connectivity index (χ4v) is 4.07. The molecule has 0 fully saturated rings. The molecule has 0 bridgehead atoms. The normalized spacial score (nSPS) is 12.7. The van der Waals surface area contributed by atoms with Crippen molar-refractivity contribution in [3.05, 3.63) is 28.2 Å².